The van der Waals surface area contributed by atoms with Crippen molar-refractivity contribution in [1.29, 1.82) is 0 Å². The zero-order valence-electron chi connectivity index (χ0n) is 12.8. The normalized spacial score (nSPS) is 10.2. The molecule has 0 atom stereocenters. The van der Waals surface area contributed by atoms with Gasteiger partial charge in [-0.05, 0) is 6.07 Å². The quantitative estimate of drug-likeness (QED) is 0.524. The number of thiophene rings is 1. The average molecular weight is 339 g/mol. The summed E-state index contributed by atoms with van der Waals surface area (Å²) >= 11 is 1.46. The van der Waals surface area contributed by atoms with Gasteiger partial charge in [0.15, 0.2) is 11.5 Å². The summed E-state index contributed by atoms with van der Waals surface area (Å²) in [4.78, 5) is 21.5. The minimum Gasteiger partial charge on any atom is -0.495 e. The highest BCUT2D eigenvalue weighted by Crippen LogP contribution is 2.45. The van der Waals surface area contributed by atoms with Crippen LogP contribution in [-0.4, -0.2) is 40.3 Å². The van der Waals surface area contributed by atoms with Crippen LogP contribution in [0.1, 0.15) is 4.88 Å². The maximum absolute atomic E-state index is 10.3. The number of fused-ring (bicyclic) bond motifs is 1. The van der Waals surface area contributed by atoms with Crippen LogP contribution in [-0.2, 0) is 20.9 Å². The van der Waals surface area contributed by atoms with E-state index in [4.69, 9.17) is 18.9 Å². The van der Waals surface area contributed by atoms with E-state index in [9.17, 15) is 9.59 Å². The van der Waals surface area contributed by atoms with Gasteiger partial charge in [-0.1, -0.05) is 0 Å². The first-order chi connectivity index (χ1) is 11.2. The molecule has 7 nitrogen and oxygen atoms in total. The van der Waals surface area contributed by atoms with Crippen LogP contribution in [0.4, 0.5) is 0 Å². The molecule has 1 amide bonds. The number of hydrogen-bond acceptors (Lipinski definition) is 7. The van der Waals surface area contributed by atoms with Crippen LogP contribution >= 0.6 is 11.3 Å². The molecule has 1 heterocycles. The molecule has 0 aliphatic carbocycles. The minimum absolute atomic E-state index is 0.189. The lowest BCUT2D eigenvalue weighted by atomic mass is 10.2. The molecule has 2 rings (SSSR count). The van der Waals surface area contributed by atoms with Crippen molar-refractivity contribution in [3.05, 3.63) is 17.0 Å². The zero-order chi connectivity index (χ0) is 16.7. The molecule has 0 saturated carbocycles. The monoisotopic (exact) mass is 339 g/mol. The van der Waals surface area contributed by atoms with E-state index < -0.39 is 0 Å². The van der Waals surface area contributed by atoms with Crippen LogP contribution in [0.3, 0.4) is 0 Å². The summed E-state index contributed by atoms with van der Waals surface area (Å²) in [5, 5.41) is 3.34. The van der Waals surface area contributed by atoms with Crippen LogP contribution in [0.15, 0.2) is 12.1 Å². The largest absolute Gasteiger partial charge is 0.495 e. The van der Waals surface area contributed by atoms with E-state index in [2.05, 4.69) is 5.32 Å². The summed E-state index contributed by atoms with van der Waals surface area (Å²) in [6.45, 7) is 1.28. The van der Waals surface area contributed by atoms with Crippen molar-refractivity contribution in [2.45, 2.75) is 6.61 Å². The molecule has 8 heteroatoms. The first-order valence-corrected chi connectivity index (χ1v) is 7.59. The zero-order valence-corrected chi connectivity index (χ0v) is 13.6. The highest BCUT2D eigenvalue weighted by atomic mass is 32.1. The summed E-state index contributed by atoms with van der Waals surface area (Å²) in [6.07, 6.45) is 0.614. The van der Waals surface area contributed by atoms with Gasteiger partial charge in [0.05, 0.1) is 25.5 Å². The number of amides is 1. The second-order valence-electron chi connectivity index (χ2n) is 4.39. The van der Waals surface area contributed by atoms with Gasteiger partial charge >= 0.3 is 0 Å². The first kappa shape index (κ1) is 16.9. The van der Waals surface area contributed by atoms with E-state index in [0.717, 1.165) is 15.0 Å². The van der Waals surface area contributed by atoms with Gasteiger partial charge in [0.2, 0.25) is 6.41 Å². The SMILES string of the molecule is COc1c(OCCNC=O)cc(OC)c2sc(COC=O)cc12. The Labute approximate surface area is 137 Å². The summed E-state index contributed by atoms with van der Waals surface area (Å²) in [7, 11) is 3.12. The summed E-state index contributed by atoms with van der Waals surface area (Å²) < 4.78 is 22.2. The van der Waals surface area contributed by atoms with Gasteiger partial charge < -0.3 is 24.3 Å². The van der Waals surface area contributed by atoms with Gasteiger partial charge in [0, 0.05) is 16.3 Å². The molecular formula is C15H17NO6S. The highest BCUT2D eigenvalue weighted by molar-refractivity contribution is 7.19. The van der Waals surface area contributed by atoms with Crippen LogP contribution in [0.5, 0.6) is 17.2 Å². The number of benzene rings is 1. The van der Waals surface area contributed by atoms with E-state index >= 15 is 0 Å². The number of hydrogen-bond donors (Lipinski definition) is 1. The summed E-state index contributed by atoms with van der Waals surface area (Å²) in [5.41, 5.74) is 0. The Morgan fingerprint density at radius 1 is 1.17 bits per heavy atom. The van der Waals surface area contributed by atoms with E-state index in [1.165, 1.54) is 11.3 Å². The Morgan fingerprint density at radius 2 is 2.00 bits per heavy atom. The van der Waals surface area contributed by atoms with E-state index in [0.29, 0.717) is 43.3 Å². The van der Waals surface area contributed by atoms with Gasteiger partial charge in [-0.15, -0.1) is 11.3 Å². The summed E-state index contributed by atoms with van der Waals surface area (Å²) in [6, 6.07) is 3.62. The molecule has 2 aromatic rings. The predicted octanol–water partition coefficient (Wildman–Crippen LogP) is 1.72. The Kier molecular flexibility index (Phi) is 6.04. The minimum atomic E-state index is 0.189. The lowest BCUT2D eigenvalue weighted by Crippen LogP contribution is -2.19. The van der Waals surface area contributed by atoms with E-state index in [-0.39, 0.29) is 6.61 Å². The fraction of sp³-hybridized carbons (Fsp3) is 0.333. The predicted molar refractivity (Wildman–Crippen MR) is 85.3 cm³/mol. The molecule has 0 bridgehead atoms. The van der Waals surface area contributed by atoms with Crippen molar-refractivity contribution in [3.63, 3.8) is 0 Å². The van der Waals surface area contributed by atoms with Gasteiger partial charge in [-0.3, -0.25) is 9.59 Å². The van der Waals surface area contributed by atoms with Crippen molar-refractivity contribution in [3.8, 4) is 17.2 Å². The number of carbonyl (C=O) groups is 2. The maximum Gasteiger partial charge on any atom is 0.293 e. The molecule has 0 aliphatic rings. The average Bonchev–Trinajstić information content (AvgIpc) is 2.99. The van der Waals surface area contributed by atoms with Crippen molar-refractivity contribution in [1.82, 2.24) is 5.32 Å². The van der Waals surface area contributed by atoms with E-state index in [1.54, 1.807) is 20.3 Å². The fourth-order valence-corrected chi connectivity index (χ4v) is 3.18. The number of ether oxygens (including phenoxy) is 4. The van der Waals surface area contributed by atoms with Crippen molar-refractivity contribution in [2.24, 2.45) is 0 Å². The molecule has 23 heavy (non-hydrogen) atoms. The Balaban J connectivity index is 2.38. The molecule has 0 saturated heterocycles. The number of nitrogens with one attached hydrogen (secondary N) is 1. The first-order valence-electron chi connectivity index (χ1n) is 6.77. The maximum atomic E-state index is 10.3. The number of methoxy groups -OCH3 is 2. The van der Waals surface area contributed by atoms with Gasteiger partial charge in [0.1, 0.15) is 19.0 Å². The number of carbonyl (C=O) groups excluding carboxylic acids is 2. The Bertz CT molecular complexity index is 684. The van der Waals surface area contributed by atoms with Crippen molar-refractivity contribution >= 4 is 34.3 Å². The molecule has 0 radical (unpaired) electrons. The molecule has 0 aliphatic heterocycles. The molecule has 1 N–H and O–H groups in total. The third-order valence-corrected chi connectivity index (χ3v) is 4.17. The molecule has 0 fully saturated rings. The summed E-state index contributed by atoms with van der Waals surface area (Å²) in [5.74, 6) is 1.73. The lowest BCUT2D eigenvalue weighted by Gasteiger charge is -2.13. The molecule has 0 spiro atoms. The standard InChI is InChI=1S/C15H17NO6S/c1-19-13-6-12(22-4-3-16-8-17)14(20-2)11-5-10(7-21-9-18)23-15(11)13/h5-6,8-9H,3-4,7H2,1-2H3,(H,16,17). The van der Waals surface area contributed by atoms with E-state index in [1.807, 2.05) is 6.07 Å². The Hall–Kier alpha value is -2.48. The van der Waals surface area contributed by atoms with Crippen molar-refractivity contribution < 1.29 is 28.5 Å². The van der Waals surface area contributed by atoms with Crippen LogP contribution < -0.4 is 19.5 Å². The molecule has 124 valence electrons. The highest BCUT2D eigenvalue weighted by Gasteiger charge is 2.18. The fourth-order valence-electron chi connectivity index (χ4n) is 2.11. The second kappa shape index (κ2) is 8.23. The van der Waals surface area contributed by atoms with Crippen LogP contribution in [0, 0.1) is 0 Å². The smallest absolute Gasteiger partial charge is 0.293 e. The third kappa shape index (κ3) is 3.84. The topological polar surface area (TPSA) is 83.1 Å². The third-order valence-electron chi connectivity index (χ3n) is 3.04. The molecule has 1 aromatic carbocycles. The van der Waals surface area contributed by atoms with Crippen LogP contribution in [0.25, 0.3) is 10.1 Å². The molecule has 1 aromatic heterocycles. The van der Waals surface area contributed by atoms with Gasteiger partial charge in [-0.2, -0.15) is 0 Å². The Morgan fingerprint density at radius 3 is 2.65 bits per heavy atom. The second-order valence-corrected chi connectivity index (χ2v) is 5.53. The molecule has 0 unspecified atom stereocenters. The van der Waals surface area contributed by atoms with Gasteiger partial charge in [0.25, 0.3) is 6.47 Å². The van der Waals surface area contributed by atoms with Crippen molar-refractivity contribution in [2.75, 3.05) is 27.4 Å². The molecular weight excluding hydrogens is 322 g/mol. The van der Waals surface area contributed by atoms with Gasteiger partial charge in [-0.25, -0.2) is 0 Å². The lowest BCUT2D eigenvalue weighted by molar-refractivity contribution is -0.129. The number of rotatable bonds is 10. The van der Waals surface area contributed by atoms with Crippen LogP contribution in [0.2, 0.25) is 0 Å².